The minimum absolute atomic E-state index is 0.0139. The van der Waals surface area contributed by atoms with Gasteiger partial charge in [-0.15, -0.1) is 11.8 Å². The van der Waals surface area contributed by atoms with E-state index in [0.29, 0.717) is 5.56 Å². The number of carbonyl (C=O) groups is 6. The van der Waals surface area contributed by atoms with Gasteiger partial charge in [-0.05, 0) is 36.2 Å². The van der Waals surface area contributed by atoms with Crippen molar-refractivity contribution in [3.63, 3.8) is 0 Å². The van der Waals surface area contributed by atoms with Crippen LogP contribution in [0.3, 0.4) is 0 Å². The fraction of sp³-hybridized carbons (Fsp3) is 0.371. The lowest BCUT2D eigenvalue weighted by molar-refractivity contribution is -0.141. The largest absolute Gasteiger partial charge is 0.480 e. The van der Waals surface area contributed by atoms with Gasteiger partial charge in [0.1, 0.15) is 30.2 Å². The highest BCUT2D eigenvalue weighted by Crippen LogP contribution is 2.28. The molecule has 0 aliphatic carbocycles. The van der Waals surface area contributed by atoms with Gasteiger partial charge in [0.05, 0.1) is 19.0 Å². The van der Waals surface area contributed by atoms with Crippen molar-refractivity contribution in [2.24, 2.45) is 5.73 Å². The van der Waals surface area contributed by atoms with Crippen LogP contribution in [0.4, 0.5) is 0 Å². The van der Waals surface area contributed by atoms with E-state index in [4.69, 9.17) is 15.6 Å². The standard InChI is InChI=1S/C35H41BrN8O8S/c1-18(35(50)51)41-29(45)14-40-31(46)26(11-20-13-39-25-9-5-7-22(36)30(20)25)42-32(47)27(10-19-12-38-24-8-4-3-6-21(19)24)43-33(48)28-16-53-17-44(28)34(49)23(37)15-52-2/h3-9,12-13,18,23,26-28,38-39H,10-11,14-17,37H2,1-2H3,(H,40,46)(H,41,45)(H,42,47)(H,43,48)(H,50,51)/t18-,23-,26+,27+,28+/m1/s1. The maximum absolute atomic E-state index is 14.3. The number of carboxylic acids is 1. The molecule has 1 fully saturated rings. The van der Waals surface area contributed by atoms with Crippen LogP contribution in [0.1, 0.15) is 18.1 Å². The Hall–Kier alpha value is -4.91. The number of nitrogens with zero attached hydrogens (tertiary/aromatic N) is 1. The number of benzene rings is 2. The Bertz CT molecular complexity index is 2000. The average molecular weight is 814 g/mol. The number of nitrogens with two attached hydrogens (primary N) is 1. The third kappa shape index (κ3) is 9.56. The van der Waals surface area contributed by atoms with Gasteiger partial charge in [-0.25, -0.2) is 0 Å². The van der Waals surface area contributed by atoms with Crippen LogP contribution in [0.25, 0.3) is 21.8 Å². The first kappa shape index (κ1) is 39.3. The first-order valence-corrected chi connectivity index (χ1v) is 18.7. The highest BCUT2D eigenvalue weighted by Gasteiger charge is 2.39. The van der Waals surface area contributed by atoms with Crippen LogP contribution in [0.5, 0.6) is 0 Å². The summed E-state index contributed by atoms with van der Waals surface area (Å²) in [5, 5.41) is 21.2. The Kier molecular flexibility index (Phi) is 13.2. The third-order valence-electron chi connectivity index (χ3n) is 8.83. The number of hydrogen-bond donors (Lipinski definition) is 8. The van der Waals surface area contributed by atoms with Crippen LogP contribution in [-0.4, -0.2) is 118 Å². The van der Waals surface area contributed by atoms with Gasteiger partial charge in [0.15, 0.2) is 0 Å². The molecule has 1 saturated heterocycles. The summed E-state index contributed by atoms with van der Waals surface area (Å²) in [4.78, 5) is 86.4. The number of methoxy groups -OCH3 is 1. The Balaban J connectivity index is 1.42. The van der Waals surface area contributed by atoms with Crippen molar-refractivity contribution in [3.8, 4) is 0 Å². The average Bonchev–Trinajstić information content (AvgIpc) is 3.89. The zero-order valence-electron chi connectivity index (χ0n) is 28.9. The zero-order chi connectivity index (χ0) is 38.2. The molecule has 5 atom stereocenters. The van der Waals surface area contributed by atoms with E-state index in [1.807, 2.05) is 42.5 Å². The molecule has 18 heteroatoms. The number of rotatable bonds is 16. The number of para-hydroxylation sites is 1. The predicted molar refractivity (Wildman–Crippen MR) is 202 cm³/mol. The van der Waals surface area contributed by atoms with Gasteiger partial charge < -0.3 is 51.7 Å². The van der Waals surface area contributed by atoms with Crippen molar-refractivity contribution in [2.45, 2.75) is 50.0 Å². The SMILES string of the molecule is COC[C@@H](N)C(=O)N1CSC[C@H]1C(=O)N[C@@H](Cc1c[nH]c2ccccc12)C(=O)N[C@@H](Cc1c[nH]c2cccc(Br)c12)C(=O)NCC(=O)N[C@H](C)C(=O)O. The van der Waals surface area contributed by atoms with Crippen LogP contribution in [0.2, 0.25) is 0 Å². The van der Waals surface area contributed by atoms with Crippen molar-refractivity contribution < 1.29 is 38.6 Å². The first-order valence-electron chi connectivity index (χ1n) is 16.7. The van der Waals surface area contributed by atoms with Crippen LogP contribution in [0.15, 0.2) is 59.3 Å². The number of carbonyl (C=O) groups excluding carboxylic acids is 5. The summed E-state index contributed by atoms with van der Waals surface area (Å²) in [5.74, 6) is -3.91. The molecule has 2 aromatic heterocycles. The molecule has 0 spiro atoms. The number of aromatic amines is 2. The van der Waals surface area contributed by atoms with E-state index in [2.05, 4.69) is 47.2 Å². The Morgan fingerprint density at radius 3 is 2.40 bits per heavy atom. The van der Waals surface area contributed by atoms with E-state index in [9.17, 15) is 28.8 Å². The molecule has 1 aliphatic heterocycles. The number of nitrogens with one attached hydrogen (secondary N) is 6. The van der Waals surface area contributed by atoms with Crippen molar-refractivity contribution in [1.29, 1.82) is 0 Å². The lowest BCUT2D eigenvalue weighted by Gasteiger charge is -2.28. The fourth-order valence-corrected chi connectivity index (χ4v) is 7.84. The predicted octanol–water partition coefficient (Wildman–Crippen LogP) is 0.747. The quantitative estimate of drug-likeness (QED) is 0.0790. The smallest absolute Gasteiger partial charge is 0.325 e. The van der Waals surface area contributed by atoms with E-state index < -0.39 is 72.3 Å². The first-order chi connectivity index (χ1) is 25.4. The molecule has 5 rings (SSSR count). The molecule has 53 heavy (non-hydrogen) atoms. The van der Waals surface area contributed by atoms with Crippen molar-refractivity contribution >= 4 is 85.0 Å². The van der Waals surface area contributed by atoms with Crippen LogP contribution in [-0.2, 0) is 46.3 Å². The Labute approximate surface area is 316 Å². The fourth-order valence-electron chi connectivity index (χ4n) is 6.05. The molecule has 0 saturated carbocycles. The molecule has 5 amide bonds. The van der Waals surface area contributed by atoms with E-state index in [1.54, 1.807) is 12.4 Å². The number of halogens is 1. The number of aromatic nitrogens is 2. The molecular weight excluding hydrogens is 772 g/mol. The number of ether oxygens (including phenoxy) is 1. The molecule has 2 aromatic carbocycles. The molecule has 0 unspecified atom stereocenters. The van der Waals surface area contributed by atoms with Gasteiger partial charge >= 0.3 is 5.97 Å². The maximum Gasteiger partial charge on any atom is 0.325 e. The van der Waals surface area contributed by atoms with Gasteiger partial charge in [0, 0.05) is 64.4 Å². The van der Waals surface area contributed by atoms with E-state index in [1.165, 1.54) is 30.7 Å². The lowest BCUT2D eigenvalue weighted by atomic mass is 10.0. The number of hydrogen-bond acceptors (Lipinski definition) is 9. The normalized spacial score (nSPS) is 16.5. The summed E-state index contributed by atoms with van der Waals surface area (Å²) in [7, 11) is 1.42. The molecule has 3 heterocycles. The molecule has 16 nitrogen and oxygen atoms in total. The second kappa shape index (κ2) is 17.7. The van der Waals surface area contributed by atoms with E-state index in [0.717, 1.165) is 31.8 Å². The topological polar surface area (TPSA) is 241 Å². The maximum atomic E-state index is 14.3. The number of H-pyrrole nitrogens is 2. The highest BCUT2D eigenvalue weighted by atomic mass is 79.9. The highest BCUT2D eigenvalue weighted by molar-refractivity contribution is 9.10. The second-order valence-electron chi connectivity index (χ2n) is 12.6. The Morgan fingerprint density at radius 1 is 0.962 bits per heavy atom. The van der Waals surface area contributed by atoms with Crippen molar-refractivity contribution in [1.82, 2.24) is 36.1 Å². The molecule has 282 valence electrons. The van der Waals surface area contributed by atoms with E-state index in [-0.39, 0.29) is 31.1 Å². The monoisotopic (exact) mass is 812 g/mol. The summed E-state index contributed by atoms with van der Waals surface area (Å²) in [6.45, 7) is 0.705. The Morgan fingerprint density at radius 2 is 1.64 bits per heavy atom. The van der Waals surface area contributed by atoms with Crippen molar-refractivity contribution in [2.75, 3.05) is 31.9 Å². The van der Waals surface area contributed by atoms with Gasteiger partial charge in [-0.3, -0.25) is 28.8 Å². The second-order valence-corrected chi connectivity index (χ2v) is 14.5. The van der Waals surface area contributed by atoms with Crippen LogP contribution < -0.4 is 27.0 Å². The van der Waals surface area contributed by atoms with Crippen LogP contribution >= 0.6 is 27.7 Å². The molecule has 0 radical (unpaired) electrons. The summed E-state index contributed by atoms with van der Waals surface area (Å²) in [5.41, 5.74) is 9.01. The lowest BCUT2D eigenvalue weighted by Crippen LogP contribution is -2.59. The van der Waals surface area contributed by atoms with Gasteiger partial charge in [-0.1, -0.05) is 40.2 Å². The number of fused-ring (bicyclic) bond motifs is 2. The number of amides is 5. The number of thioether (sulfide) groups is 1. The minimum atomic E-state index is -1.25. The summed E-state index contributed by atoms with van der Waals surface area (Å²) < 4.78 is 5.78. The number of aliphatic carboxylic acids is 1. The molecule has 1 aliphatic rings. The summed E-state index contributed by atoms with van der Waals surface area (Å²) in [6, 6.07) is 7.48. The molecule has 0 bridgehead atoms. The summed E-state index contributed by atoms with van der Waals surface area (Å²) >= 11 is 4.93. The third-order valence-corrected chi connectivity index (χ3v) is 10.5. The molecule has 4 aromatic rings. The van der Waals surface area contributed by atoms with Gasteiger partial charge in [0.25, 0.3) is 0 Å². The molecular formula is C35H41BrN8O8S. The van der Waals surface area contributed by atoms with Gasteiger partial charge in [0.2, 0.25) is 29.5 Å². The van der Waals surface area contributed by atoms with Gasteiger partial charge in [-0.2, -0.15) is 0 Å². The van der Waals surface area contributed by atoms with Crippen molar-refractivity contribution in [3.05, 3.63) is 70.5 Å². The van der Waals surface area contributed by atoms with E-state index >= 15 is 0 Å². The minimum Gasteiger partial charge on any atom is -0.480 e. The number of carboxylic acid groups (broad SMARTS) is 1. The summed E-state index contributed by atoms with van der Waals surface area (Å²) in [6.07, 6.45) is 3.47. The molecule has 9 N–H and O–H groups in total. The van der Waals surface area contributed by atoms with Crippen LogP contribution in [0, 0.1) is 0 Å². The zero-order valence-corrected chi connectivity index (χ0v) is 31.3.